The third kappa shape index (κ3) is 3.13. The lowest BCUT2D eigenvalue weighted by Gasteiger charge is -2.10. The number of halogens is 3. The second-order valence-corrected chi connectivity index (χ2v) is 3.04. The minimum absolute atomic E-state index is 0.00538. The van der Waals surface area contributed by atoms with Crippen LogP contribution >= 0.6 is 0 Å². The molecule has 0 unspecified atom stereocenters. The molecule has 1 aromatic carbocycles. The molecule has 0 radical (unpaired) electrons. The molecule has 1 aromatic rings. The Hall–Kier alpha value is -2.23. The Kier molecular flexibility index (Phi) is 4.54. The fourth-order valence-corrected chi connectivity index (χ4v) is 1.20. The van der Waals surface area contributed by atoms with Crippen LogP contribution in [-0.4, -0.2) is 19.2 Å². The van der Waals surface area contributed by atoms with Crippen molar-refractivity contribution in [3.8, 4) is 11.8 Å². The molecule has 0 bridgehead atoms. The fraction of sp³-hybridized carbons (Fsp3) is 0.273. The molecule has 0 amide bonds. The zero-order valence-electron chi connectivity index (χ0n) is 9.25. The molecule has 0 aliphatic heterocycles. The molecule has 4 nitrogen and oxygen atoms in total. The smallest absolute Gasteiger partial charge is 0.387 e. The van der Waals surface area contributed by atoms with Gasteiger partial charge in [0.05, 0.1) is 12.2 Å². The van der Waals surface area contributed by atoms with Crippen LogP contribution in [0.1, 0.15) is 22.8 Å². The molecule has 0 spiro atoms. The molecule has 0 aliphatic carbocycles. The second-order valence-electron chi connectivity index (χ2n) is 3.04. The SMILES string of the molecule is CCOC(=O)c1cc(F)c(C#N)cc1OC(F)F. The summed E-state index contributed by atoms with van der Waals surface area (Å²) < 4.78 is 46.2. The lowest BCUT2D eigenvalue weighted by molar-refractivity contribution is -0.0505. The second kappa shape index (κ2) is 5.91. The van der Waals surface area contributed by atoms with Crippen molar-refractivity contribution in [3.05, 3.63) is 29.1 Å². The minimum atomic E-state index is -3.20. The van der Waals surface area contributed by atoms with Crippen LogP contribution in [0.3, 0.4) is 0 Å². The Morgan fingerprint density at radius 2 is 2.17 bits per heavy atom. The number of carbonyl (C=O) groups is 1. The normalized spacial score (nSPS) is 10.0. The van der Waals surface area contributed by atoms with Crippen molar-refractivity contribution >= 4 is 5.97 Å². The van der Waals surface area contributed by atoms with Crippen LogP contribution in [0.2, 0.25) is 0 Å². The van der Waals surface area contributed by atoms with Gasteiger partial charge in [0.1, 0.15) is 23.2 Å². The van der Waals surface area contributed by atoms with Crippen molar-refractivity contribution in [2.45, 2.75) is 13.5 Å². The maximum absolute atomic E-state index is 13.3. The van der Waals surface area contributed by atoms with Gasteiger partial charge in [-0.25, -0.2) is 9.18 Å². The van der Waals surface area contributed by atoms with Crippen LogP contribution < -0.4 is 4.74 Å². The number of ether oxygens (including phenoxy) is 2. The Bertz CT molecular complexity index is 497. The van der Waals surface area contributed by atoms with Gasteiger partial charge in [-0.2, -0.15) is 14.0 Å². The van der Waals surface area contributed by atoms with Gasteiger partial charge in [0, 0.05) is 6.07 Å². The van der Waals surface area contributed by atoms with Crippen molar-refractivity contribution in [2.24, 2.45) is 0 Å². The monoisotopic (exact) mass is 259 g/mol. The van der Waals surface area contributed by atoms with Crippen LogP contribution in [0.4, 0.5) is 13.2 Å². The average molecular weight is 259 g/mol. The summed E-state index contributed by atoms with van der Waals surface area (Å²) in [7, 11) is 0. The first kappa shape index (κ1) is 13.8. The van der Waals surface area contributed by atoms with Crippen molar-refractivity contribution in [3.63, 3.8) is 0 Å². The topological polar surface area (TPSA) is 59.3 Å². The van der Waals surface area contributed by atoms with E-state index in [2.05, 4.69) is 9.47 Å². The van der Waals surface area contributed by atoms with Gasteiger partial charge >= 0.3 is 12.6 Å². The van der Waals surface area contributed by atoms with Gasteiger partial charge in [0.2, 0.25) is 0 Å². The predicted molar refractivity (Wildman–Crippen MR) is 53.7 cm³/mol. The molecule has 0 heterocycles. The van der Waals surface area contributed by atoms with Crippen molar-refractivity contribution in [1.29, 1.82) is 5.26 Å². The summed E-state index contributed by atoms with van der Waals surface area (Å²) in [5.41, 5.74) is -0.993. The molecule has 0 atom stereocenters. The first-order valence-electron chi connectivity index (χ1n) is 4.85. The number of carbonyl (C=O) groups excluding carboxylic acids is 1. The maximum atomic E-state index is 13.3. The van der Waals surface area contributed by atoms with Crippen LogP contribution in [0, 0.1) is 17.1 Å². The van der Waals surface area contributed by atoms with Crippen LogP contribution in [-0.2, 0) is 4.74 Å². The number of esters is 1. The minimum Gasteiger partial charge on any atom is -0.462 e. The average Bonchev–Trinajstić information content (AvgIpc) is 2.30. The summed E-state index contributed by atoms with van der Waals surface area (Å²) in [4.78, 5) is 11.4. The van der Waals surface area contributed by atoms with Gasteiger partial charge in [-0.15, -0.1) is 0 Å². The van der Waals surface area contributed by atoms with E-state index in [0.717, 1.165) is 6.07 Å². The van der Waals surface area contributed by atoms with E-state index in [1.807, 2.05) is 0 Å². The van der Waals surface area contributed by atoms with Gasteiger partial charge in [0.15, 0.2) is 0 Å². The highest BCUT2D eigenvalue weighted by Gasteiger charge is 2.20. The van der Waals surface area contributed by atoms with Crippen LogP contribution in [0.5, 0.6) is 5.75 Å². The van der Waals surface area contributed by atoms with Crippen molar-refractivity contribution in [1.82, 2.24) is 0 Å². The third-order valence-corrected chi connectivity index (χ3v) is 1.90. The molecular formula is C11H8F3NO3. The highest BCUT2D eigenvalue weighted by atomic mass is 19.3. The molecule has 0 saturated carbocycles. The Morgan fingerprint density at radius 1 is 1.50 bits per heavy atom. The van der Waals surface area contributed by atoms with Gasteiger partial charge in [-0.05, 0) is 13.0 Å². The quantitative estimate of drug-likeness (QED) is 0.779. The molecule has 7 heteroatoms. The van der Waals surface area contributed by atoms with Gasteiger partial charge < -0.3 is 9.47 Å². The zero-order chi connectivity index (χ0) is 13.7. The number of rotatable bonds is 4. The summed E-state index contributed by atoms with van der Waals surface area (Å²) in [6.07, 6.45) is 0. The maximum Gasteiger partial charge on any atom is 0.387 e. The summed E-state index contributed by atoms with van der Waals surface area (Å²) in [6.45, 7) is -1.70. The Labute approximate surface area is 101 Å². The molecule has 1 rings (SSSR count). The number of nitriles is 1. The van der Waals surface area contributed by atoms with Gasteiger partial charge in [-0.3, -0.25) is 0 Å². The van der Waals surface area contributed by atoms with E-state index < -0.39 is 35.3 Å². The van der Waals surface area contributed by atoms with Crippen LogP contribution in [0.15, 0.2) is 12.1 Å². The summed E-state index contributed by atoms with van der Waals surface area (Å²) in [5, 5.41) is 8.56. The van der Waals surface area contributed by atoms with Crippen LogP contribution in [0.25, 0.3) is 0 Å². The standard InChI is InChI=1S/C11H8F3NO3/c1-2-17-10(16)7-4-8(12)6(5-15)3-9(7)18-11(13)14/h3-4,11H,2H2,1H3. The highest BCUT2D eigenvalue weighted by molar-refractivity contribution is 5.92. The first-order valence-corrected chi connectivity index (χ1v) is 4.85. The number of hydrogen-bond donors (Lipinski definition) is 0. The van der Waals surface area contributed by atoms with Gasteiger partial charge in [0.25, 0.3) is 0 Å². The van der Waals surface area contributed by atoms with E-state index in [9.17, 15) is 18.0 Å². The number of benzene rings is 1. The number of alkyl halides is 2. The predicted octanol–water partition coefficient (Wildman–Crippen LogP) is 2.48. The Morgan fingerprint density at radius 3 is 2.67 bits per heavy atom. The summed E-state index contributed by atoms with van der Waals surface area (Å²) in [5.74, 6) is -2.61. The Balaban J connectivity index is 3.25. The summed E-state index contributed by atoms with van der Waals surface area (Å²) in [6, 6.07) is 2.82. The van der Waals surface area contributed by atoms with Gasteiger partial charge in [-0.1, -0.05) is 0 Å². The lowest BCUT2D eigenvalue weighted by atomic mass is 10.1. The van der Waals surface area contributed by atoms with E-state index >= 15 is 0 Å². The molecule has 0 fully saturated rings. The van der Waals surface area contributed by atoms with Crippen molar-refractivity contribution < 1.29 is 27.4 Å². The molecular weight excluding hydrogens is 251 g/mol. The highest BCUT2D eigenvalue weighted by Crippen LogP contribution is 2.25. The molecule has 0 N–H and O–H groups in total. The summed E-state index contributed by atoms with van der Waals surface area (Å²) >= 11 is 0. The largest absolute Gasteiger partial charge is 0.462 e. The number of hydrogen-bond acceptors (Lipinski definition) is 4. The zero-order valence-corrected chi connectivity index (χ0v) is 9.25. The number of nitrogens with zero attached hydrogens (tertiary/aromatic N) is 1. The molecule has 0 aromatic heterocycles. The van der Waals surface area contributed by atoms with E-state index in [1.165, 1.54) is 13.0 Å². The molecule has 96 valence electrons. The van der Waals surface area contributed by atoms with E-state index in [1.54, 1.807) is 0 Å². The lowest BCUT2D eigenvalue weighted by Crippen LogP contribution is -2.11. The van der Waals surface area contributed by atoms with E-state index in [4.69, 9.17) is 5.26 Å². The van der Waals surface area contributed by atoms with E-state index in [0.29, 0.717) is 6.07 Å². The third-order valence-electron chi connectivity index (χ3n) is 1.90. The molecule has 0 aliphatic rings. The van der Waals surface area contributed by atoms with Crippen molar-refractivity contribution in [2.75, 3.05) is 6.61 Å². The molecule has 0 saturated heterocycles. The molecule has 18 heavy (non-hydrogen) atoms. The fourth-order valence-electron chi connectivity index (χ4n) is 1.20. The van der Waals surface area contributed by atoms with E-state index in [-0.39, 0.29) is 6.61 Å². The first-order chi connectivity index (χ1) is 8.49.